The highest BCUT2D eigenvalue weighted by atomic mass is 19.4. The molecule has 1 aromatic heterocycles. The lowest BCUT2D eigenvalue weighted by Crippen LogP contribution is -2.42. The van der Waals surface area contributed by atoms with E-state index in [2.05, 4.69) is 55.3 Å². The molecule has 228 valence electrons. The molecule has 16 heteroatoms. The highest BCUT2D eigenvalue weighted by Crippen LogP contribution is 2.30. The fraction of sp³-hybridized carbons (Fsp3) is 0.600. The molecule has 2 aliphatic heterocycles. The lowest BCUT2D eigenvalue weighted by atomic mass is 10.0. The van der Waals surface area contributed by atoms with Gasteiger partial charge in [-0.05, 0) is 43.2 Å². The van der Waals surface area contributed by atoms with E-state index < -0.39 is 24.3 Å². The van der Waals surface area contributed by atoms with Crippen molar-refractivity contribution in [2.75, 3.05) is 26.2 Å². The molecule has 0 spiro atoms. The monoisotopic (exact) mass is 595 g/mol. The van der Waals surface area contributed by atoms with Crippen molar-refractivity contribution in [1.82, 2.24) is 24.8 Å². The fourth-order valence-electron chi connectivity index (χ4n) is 5.06. The maximum absolute atomic E-state index is 10.6. The van der Waals surface area contributed by atoms with Crippen molar-refractivity contribution in [2.24, 2.45) is 0 Å². The molecule has 1 aromatic carbocycles. The number of fused-ring (bicyclic) bond motifs is 1. The van der Waals surface area contributed by atoms with Crippen molar-refractivity contribution >= 4 is 11.9 Å². The molecule has 0 bridgehead atoms. The van der Waals surface area contributed by atoms with Gasteiger partial charge in [0, 0.05) is 38.8 Å². The summed E-state index contributed by atoms with van der Waals surface area (Å²) < 4.78 is 65.6. The van der Waals surface area contributed by atoms with Crippen LogP contribution < -0.4 is 0 Å². The molecular weight excluding hydrogens is 564 g/mol. The Kier molecular flexibility index (Phi) is 10.7. The number of nitrogens with zero attached hydrogens (tertiary/aromatic N) is 5. The van der Waals surface area contributed by atoms with Crippen LogP contribution in [0.5, 0.6) is 0 Å². The van der Waals surface area contributed by atoms with E-state index in [1.165, 1.54) is 24.0 Å². The number of aliphatic hydroxyl groups is 1. The van der Waals surface area contributed by atoms with Crippen LogP contribution in [0, 0.1) is 0 Å². The molecule has 0 radical (unpaired) electrons. The average Bonchev–Trinajstić information content (AvgIpc) is 3.64. The number of carboxylic acid groups (broad SMARTS) is 2. The first kappa shape index (κ1) is 32.3. The summed E-state index contributed by atoms with van der Waals surface area (Å²) in [5.41, 5.74) is 4.10. The first-order valence-corrected chi connectivity index (χ1v) is 12.9. The second kappa shape index (κ2) is 13.6. The van der Waals surface area contributed by atoms with Crippen LogP contribution in [0.3, 0.4) is 0 Å². The van der Waals surface area contributed by atoms with E-state index in [1.807, 2.05) is 0 Å². The van der Waals surface area contributed by atoms with Gasteiger partial charge in [-0.3, -0.25) is 9.80 Å². The predicted molar refractivity (Wildman–Crippen MR) is 131 cm³/mol. The molecule has 3 N–H and O–H groups in total. The number of hydrogen-bond acceptors (Lipinski definition) is 7. The number of rotatable bonds is 4. The topological polar surface area (TPSA) is 132 Å². The van der Waals surface area contributed by atoms with Gasteiger partial charge in [0.05, 0.1) is 24.0 Å². The van der Waals surface area contributed by atoms with E-state index in [4.69, 9.17) is 19.8 Å². The third kappa shape index (κ3) is 9.67. The molecule has 1 aliphatic carbocycles. The lowest BCUT2D eigenvalue weighted by Gasteiger charge is -2.35. The minimum absolute atomic E-state index is 0.175. The smallest absolute Gasteiger partial charge is 0.475 e. The molecular formula is C25H31F6N5O5. The van der Waals surface area contributed by atoms with Gasteiger partial charge >= 0.3 is 24.3 Å². The molecule has 0 unspecified atom stereocenters. The Morgan fingerprint density at radius 2 is 1.37 bits per heavy atom. The van der Waals surface area contributed by atoms with Gasteiger partial charge in [0.15, 0.2) is 0 Å². The van der Waals surface area contributed by atoms with Crippen LogP contribution in [-0.4, -0.2) is 103 Å². The summed E-state index contributed by atoms with van der Waals surface area (Å²) in [4.78, 5) is 22.7. The largest absolute Gasteiger partial charge is 0.490 e. The standard InChI is InChI=1S/C21H29N5O.2C2HF3O2/c27-21-7-8-24(15-21)13-18-14-26(23-22-18)19-5-9-25(10-6-19)20-11-16-3-1-2-4-17(16)12-20;2*3-2(4,5)1(6)7/h1-4,14,19-21,27H,5-13,15H2;2*(H,6,7)/t21-;;/m1../s1. The highest BCUT2D eigenvalue weighted by Gasteiger charge is 2.39. The quantitative estimate of drug-likeness (QED) is 0.457. The summed E-state index contributed by atoms with van der Waals surface area (Å²) in [7, 11) is 0. The first-order chi connectivity index (χ1) is 19.1. The molecule has 2 saturated heterocycles. The number of β-amino-alcohol motifs (C(OH)–C–C–N with tert-alkyl or cyclic N) is 1. The maximum Gasteiger partial charge on any atom is 0.490 e. The number of carbonyl (C=O) groups is 2. The van der Waals surface area contributed by atoms with Crippen molar-refractivity contribution in [3.8, 4) is 0 Å². The van der Waals surface area contributed by atoms with Gasteiger partial charge < -0.3 is 15.3 Å². The molecule has 0 saturated carbocycles. The summed E-state index contributed by atoms with van der Waals surface area (Å²) in [6.07, 6.45) is -2.64. The molecule has 0 amide bonds. The van der Waals surface area contributed by atoms with Gasteiger partial charge in [-0.1, -0.05) is 29.5 Å². The Balaban J connectivity index is 0.000000276. The number of aromatic nitrogens is 3. The molecule has 3 aliphatic rings. The summed E-state index contributed by atoms with van der Waals surface area (Å²) >= 11 is 0. The Morgan fingerprint density at radius 1 is 0.854 bits per heavy atom. The van der Waals surface area contributed by atoms with E-state index in [-0.39, 0.29) is 6.10 Å². The number of aliphatic hydroxyl groups excluding tert-OH is 1. The van der Waals surface area contributed by atoms with E-state index in [0.29, 0.717) is 12.1 Å². The molecule has 3 heterocycles. The van der Waals surface area contributed by atoms with Crippen molar-refractivity contribution in [1.29, 1.82) is 0 Å². The van der Waals surface area contributed by atoms with Crippen molar-refractivity contribution < 1.29 is 51.3 Å². The van der Waals surface area contributed by atoms with Crippen molar-refractivity contribution in [2.45, 2.75) is 69.2 Å². The second-order valence-electron chi connectivity index (χ2n) is 10.1. The van der Waals surface area contributed by atoms with Crippen LogP contribution in [0.1, 0.15) is 42.1 Å². The molecule has 10 nitrogen and oxygen atoms in total. The van der Waals surface area contributed by atoms with Gasteiger partial charge in [0.25, 0.3) is 0 Å². The second-order valence-corrected chi connectivity index (χ2v) is 10.1. The number of benzene rings is 1. The Morgan fingerprint density at radius 3 is 1.80 bits per heavy atom. The number of carboxylic acids is 2. The fourth-order valence-corrected chi connectivity index (χ4v) is 5.06. The third-order valence-electron chi connectivity index (χ3n) is 7.09. The summed E-state index contributed by atoms with van der Waals surface area (Å²) in [5.74, 6) is -5.51. The average molecular weight is 596 g/mol. The Hall–Kier alpha value is -3.24. The minimum Gasteiger partial charge on any atom is -0.475 e. The summed E-state index contributed by atoms with van der Waals surface area (Å²) in [5, 5.41) is 32.7. The van der Waals surface area contributed by atoms with Gasteiger partial charge in [-0.2, -0.15) is 26.3 Å². The van der Waals surface area contributed by atoms with Crippen molar-refractivity contribution in [3.05, 3.63) is 47.3 Å². The zero-order valence-electron chi connectivity index (χ0n) is 21.9. The Labute approximate surface area is 231 Å². The van der Waals surface area contributed by atoms with Crippen LogP contribution in [-0.2, 0) is 29.0 Å². The Bertz CT molecular complexity index is 1120. The minimum atomic E-state index is -5.08. The lowest BCUT2D eigenvalue weighted by molar-refractivity contribution is -0.193. The van der Waals surface area contributed by atoms with Crippen LogP contribution in [0.15, 0.2) is 30.5 Å². The van der Waals surface area contributed by atoms with Crippen LogP contribution >= 0.6 is 0 Å². The maximum atomic E-state index is 10.6. The summed E-state index contributed by atoms with van der Waals surface area (Å²) in [6, 6.07) is 10.1. The van der Waals surface area contributed by atoms with Gasteiger partial charge in [-0.25, -0.2) is 14.3 Å². The van der Waals surface area contributed by atoms with Gasteiger partial charge in [0.1, 0.15) is 0 Å². The number of hydrogen-bond donors (Lipinski definition) is 3. The molecule has 2 aromatic rings. The zero-order chi connectivity index (χ0) is 30.4. The molecule has 2 fully saturated rings. The van der Waals surface area contributed by atoms with Crippen LogP contribution in [0.4, 0.5) is 26.3 Å². The predicted octanol–water partition coefficient (Wildman–Crippen LogP) is 2.92. The van der Waals surface area contributed by atoms with Gasteiger partial charge in [0.2, 0.25) is 0 Å². The van der Waals surface area contributed by atoms with E-state index in [1.54, 1.807) is 0 Å². The molecule has 1 atom stereocenters. The SMILES string of the molecule is O=C(O)C(F)(F)F.O=C(O)C(F)(F)F.O[C@@H]1CCN(Cc2cn(C3CCN(C4Cc5ccccc5C4)CC3)nn2)C1. The molecule has 41 heavy (non-hydrogen) atoms. The van der Waals surface area contributed by atoms with E-state index in [0.717, 1.165) is 57.7 Å². The van der Waals surface area contributed by atoms with Crippen LogP contribution in [0.2, 0.25) is 0 Å². The van der Waals surface area contributed by atoms with E-state index >= 15 is 0 Å². The highest BCUT2D eigenvalue weighted by molar-refractivity contribution is 5.73. The number of alkyl halides is 6. The number of aliphatic carboxylic acids is 2. The normalized spacial score (nSPS) is 20.5. The van der Waals surface area contributed by atoms with E-state index in [9.17, 15) is 31.4 Å². The number of halogens is 6. The van der Waals surface area contributed by atoms with Crippen LogP contribution in [0.25, 0.3) is 0 Å². The van der Waals surface area contributed by atoms with Crippen molar-refractivity contribution in [3.63, 3.8) is 0 Å². The molecule has 5 rings (SSSR count). The zero-order valence-corrected chi connectivity index (χ0v) is 21.9. The van der Waals surface area contributed by atoms with Gasteiger partial charge in [-0.15, -0.1) is 5.10 Å². The summed E-state index contributed by atoms with van der Waals surface area (Å²) in [6.45, 7) is 4.81. The first-order valence-electron chi connectivity index (χ1n) is 12.9. The number of likely N-dealkylation sites (tertiary alicyclic amines) is 2. The number of piperidine rings is 1. The third-order valence-corrected chi connectivity index (χ3v) is 7.09.